The molecular formula is C20H14F5IrN2OP-2. The van der Waals surface area contributed by atoms with Gasteiger partial charge in [0, 0.05) is 37.9 Å². The molecule has 3 nitrogen and oxygen atoms in total. The first-order chi connectivity index (χ1) is 13.7. The van der Waals surface area contributed by atoms with Crippen LogP contribution < -0.4 is 5.30 Å². The van der Waals surface area contributed by atoms with Crippen molar-refractivity contribution in [1.82, 2.24) is 4.98 Å². The molecule has 1 radical (unpaired) electrons. The molecule has 0 saturated heterocycles. The van der Waals surface area contributed by atoms with Crippen molar-refractivity contribution in [2.24, 2.45) is 0 Å². The van der Waals surface area contributed by atoms with E-state index in [0.29, 0.717) is 19.6 Å². The summed E-state index contributed by atoms with van der Waals surface area (Å²) in [6.45, 7) is 1.81. The van der Waals surface area contributed by atoms with E-state index >= 15 is 0 Å². The van der Waals surface area contributed by atoms with E-state index in [9.17, 15) is 26.7 Å². The van der Waals surface area contributed by atoms with E-state index in [1.165, 1.54) is 6.07 Å². The van der Waals surface area contributed by atoms with E-state index in [1.807, 2.05) is 6.66 Å². The third kappa shape index (κ3) is 7.56. The number of hydrogen-bond donors (Lipinski definition) is 0. The molecule has 161 valence electrons. The number of halogens is 5. The van der Waals surface area contributed by atoms with Crippen molar-refractivity contribution in [1.29, 1.82) is 0 Å². The first kappa shape index (κ1) is 25.8. The zero-order chi connectivity index (χ0) is 21.4. The largest absolute Gasteiger partial charge is 0.619 e. The van der Waals surface area contributed by atoms with Crippen LogP contribution in [0.15, 0.2) is 60.8 Å². The smallest absolute Gasteiger partial charge is 0.432 e. The second-order valence-corrected chi connectivity index (χ2v) is 6.48. The summed E-state index contributed by atoms with van der Waals surface area (Å²) in [6, 6.07) is 15.8. The average Bonchev–Trinajstić information content (AvgIpc) is 2.69. The number of pyridine rings is 1. The Kier molecular flexibility index (Phi) is 10.2. The Morgan fingerprint density at radius 3 is 2.33 bits per heavy atom. The number of carbonyl (C=O) groups excluding carboxylic acids is 1. The maximum Gasteiger partial charge on any atom is 0.432 e. The molecule has 0 aliphatic heterocycles. The van der Waals surface area contributed by atoms with Gasteiger partial charge in [0.25, 0.3) is 0 Å². The summed E-state index contributed by atoms with van der Waals surface area (Å²) in [7, 11) is 0.298. The predicted molar refractivity (Wildman–Crippen MR) is 103 cm³/mol. The second-order valence-electron chi connectivity index (χ2n) is 5.44. The summed E-state index contributed by atoms with van der Waals surface area (Å²) in [5.74, 6) is -3.35. The first-order valence-electron chi connectivity index (χ1n) is 8.10. The Morgan fingerprint density at radius 1 is 1.10 bits per heavy atom. The number of nitrogens with zero attached hydrogens (tertiary/aromatic N) is 2. The number of alkyl halides is 3. The van der Waals surface area contributed by atoms with E-state index in [2.05, 4.69) is 16.4 Å². The van der Waals surface area contributed by atoms with Crippen molar-refractivity contribution in [3.8, 4) is 11.3 Å². The molecule has 2 aromatic carbocycles. The Labute approximate surface area is 185 Å². The van der Waals surface area contributed by atoms with Gasteiger partial charge in [-0.3, -0.25) is 8.78 Å². The molecule has 0 aliphatic carbocycles. The normalized spacial score (nSPS) is 10.7. The maximum absolute atomic E-state index is 13.2. The molecular weight excluding hydrogens is 602 g/mol. The summed E-state index contributed by atoms with van der Waals surface area (Å²) in [6.07, 6.45) is -3.35. The Balaban J connectivity index is 0.000000291. The fraction of sp³-hybridized carbons (Fsp3) is 0.100. The van der Waals surface area contributed by atoms with Crippen molar-refractivity contribution in [2.75, 3.05) is 6.66 Å². The van der Waals surface area contributed by atoms with Crippen LogP contribution in [0.5, 0.6) is 0 Å². The van der Waals surface area contributed by atoms with Crippen LogP contribution >= 0.6 is 8.58 Å². The van der Waals surface area contributed by atoms with Gasteiger partial charge in [0.1, 0.15) is 0 Å². The molecule has 1 aromatic heterocycles. The van der Waals surface area contributed by atoms with Crippen LogP contribution in [0.2, 0.25) is 0 Å². The van der Waals surface area contributed by atoms with Crippen molar-refractivity contribution in [3.63, 3.8) is 0 Å². The number of para-hydroxylation sites is 1. The van der Waals surface area contributed by atoms with E-state index in [-0.39, 0.29) is 31.4 Å². The van der Waals surface area contributed by atoms with Crippen molar-refractivity contribution in [3.05, 3.63) is 83.8 Å². The van der Waals surface area contributed by atoms with E-state index in [0.717, 1.165) is 12.1 Å². The Bertz CT molecular complexity index is 971. The van der Waals surface area contributed by atoms with Crippen LogP contribution in [-0.4, -0.2) is 23.7 Å². The van der Waals surface area contributed by atoms with E-state index in [1.54, 1.807) is 42.6 Å². The average molecular weight is 617 g/mol. The zero-order valence-electron chi connectivity index (χ0n) is 15.3. The predicted octanol–water partition coefficient (Wildman–Crippen LogP) is 5.54. The van der Waals surface area contributed by atoms with Gasteiger partial charge in [0.05, 0.1) is 0 Å². The van der Waals surface area contributed by atoms with Crippen LogP contribution in [0.4, 0.5) is 27.6 Å². The van der Waals surface area contributed by atoms with Gasteiger partial charge in [0.2, 0.25) is 0 Å². The molecule has 1 unspecified atom stereocenters. The fourth-order valence-corrected chi connectivity index (χ4v) is 2.77. The molecule has 0 aliphatic rings. The van der Waals surface area contributed by atoms with Gasteiger partial charge in [-0.05, 0) is 23.7 Å². The fourth-order valence-electron chi connectivity index (χ4n) is 2.11. The third-order valence-corrected chi connectivity index (χ3v) is 4.38. The monoisotopic (exact) mass is 617 g/mol. The van der Waals surface area contributed by atoms with Gasteiger partial charge < -0.3 is 15.1 Å². The first-order valence-corrected chi connectivity index (χ1v) is 9.60. The SMILES string of the molecule is CPc1ccccc1[N-]C(=O)C(F)(F)F.Fc1c[c-]c(-c2ccccn2)c(F)c1.[Ir]. The van der Waals surface area contributed by atoms with Gasteiger partial charge in [0.15, 0.2) is 5.91 Å². The van der Waals surface area contributed by atoms with E-state index < -0.39 is 23.7 Å². The summed E-state index contributed by atoms with van der Waals surface area (Å²) in [4.78, 5) is 14.6. The minimum Gasteiger partial charge on any atom is -0.619 e. The number of carbonyl (C=O) groups is 1. The van der Waals surface area contributed by atoms with Gasteiger partial charge >= 0.3 is 6.18 Å². The zero-order valence-corrected chi connectivity index (χ0v) is 18.7. The number of benzene rings is 2. The molecule has 1 amide bonds. The number of rotatable bonds is 3. The van der Waals surface area contributed by atoms with Crippen LogP contribution in [-0.2, 0) is 24.9 Å². The van der Waals surface area contributed by atoms with Crippen molar-refractivity contribution >= 4 is 25.5 Å². The number of amides is 1. The summed E-state index contributed by atoms with van der Waals surface area (Å²) in [5, 5.41) is 3.69. The topological polar surface area (TPSA) is 44.1 Å². The van der Waals surface area contributed by atoms with Gasteiger partial charge in [-0.15, -0.1) is 17.8 Å². The molecule has 0 saturated carbocycles. The van der Waals surface area contributed by atoms with Crippen LogP contribution in [0.25, 0.3) is 16.6 Å². The van der Waals surface area contributed by atoms with Crippen LogP contribution in [0.1, 0.15) is 0 Å². The molecule has 1 heterocycles. The van der Waals surface area contributed by atoms with Crippen LogP contribution in [0, 0.1) is 17.7 Å². The molecule has 30 heavy (non-hydrogen) atoms. The quantitative estimate of drug-likeness (QED) is 0.221. The standard InChI is InChI=1S/C11H6F2N.C9H9F3NOP.Ir/c12-8-4-5-9(10(13)7-8)11-3-1-2-6-14-11;1-15-7-5-3-2-4-6(7)13-8(14)9(10,11)12;/h1-4,6-7H;2-5,15H,1H3,(H,13,14);/q-1;;/p-1. The summed E-state index contributed by atoms with van der Waals surface area (Å²) >= 11 is 0. The number of aromatic nitrogens is 1. The Hall–Kier alpha value is -2.21. The molecule has 0 fully saturated rings. The molecule has 0 N–H and O–H groups in total. The summed E-state index contributed by atoms with van der Waals surface area (Å²) in [5.41, 5.74) is 0.734. The van der Waals surface area contributed by atoms with E-state index in [4.69, 9.17) is 0 Å². The van der Waals surface area contributed by atoms with Crippen LogP contribution in [0.3, 0.4) is 0 Å². The minimum absolute atomic E-state index is 0. The summed E-state index contributed by atoms with van der Waals surface area (Å²) < 4.78 is 61.6. The maximum atomic E-state index is 13.2. The van der Waals surface area contributed by atoms with Gasteiger partial charge in [-0.1, -0.05) is 56.6 Å². The second kappa shape index (κ2) is 11.8. The van der Waals surface area contributed by atoms with Gasteiger partial charge in [-0.2, -0.15) is 13.2 Å². The Morgan fingerprint density at radius 2 is 1.77 bits per heavy atom. The molecule has 0 spiro atoms. The van der Waals surface area contributed by atoms with Crippen molar-refractivity contribution in [2.45, 2.75) is 6.18 Å². The number of hydrogen-bond acceptors (Lipinski definition) is 2. The molecule has 3 aromatic rings. The minimum atomic E-state index is -4.90. The molecule has 10 heteroatoms. The molecule has 0 bridgehead atoms. The third-order valence-electron chi connectivity index (χ3n) is 3.42. The molecule has 3 rings (SSSR count). The van der Waals surface area contributed by atoms with Gasteiger partial charge in [-0.25, -0.2) is 0 Å². The van der Waals surface area contributed by atoms with Crippen molar-refractivity contribution < 1.29 is 46.9 Å². The molecule has 1 atom stereocenters.